The molecular weight excluding hydrogens is 314 g/mol. The van der Waals surface area contributed by atoms with Crippen LogP contribution in [0.3, 0.4) is 0 Å². The average molecular weight is 326 g/mol. The Morgan fingerprint density at radius 3 is 2.56 bits per heavy atom. The van der Waals surface area contributed by atoms with Gasteiger partial charge in [0.1, 0.15) is 10.7 Å². The molecule has 6 heteroatoms. The highest BCUT2D eigenvalue weighted by Crippen LogP contribution is 2.27. The Morgan fingerprint density at radius 2 is 2.00 bits per heavy atom. The van der Waals surface area contributed by atoms with E-state index in [4.69, 9.17) is 22.7 Å². The fraction of sp³-hybridized carbons (Fsp3) is 0.167. The zero-order valence-electron chi connectivity index (χ0n) is 9.98. The van der Waals surface area contributed by atoms with Crippen LogP contribution in [0.4, 0.5) is 0 Å². The van der Waals surface area contributed by atoms with E-state index in [-0.39, 0.29) is 4.99 Å². The van der Waals surface area contributed by atoms with Crippen LogP contribution in [0, 0.1) is 6.92 Å². The number of ether oxygens (including phenoxy) is 1. The van der Waals surface area contributed by atoms with Crippen molar-refractivity contribution in [3.05, 3.63) is 40.0 Å². The Kier molecular flexibility index (Phi) is 3.68. The molecule has 0 saturated heterocycles. The number of rotatable bonds is 3. The molecule has 0 aliphatic rings. The van der Waals surface area contributed by atoms with Crippen LogP contribution in [0.2, 0.25) is 0 Å². The van der Waals surface area contributed by atoms with Crippen molar-refractivity contribution in [3.8, 4) is 11.6 Å². The van der Waals surface area contributed by atoms with Gasteiger partial charge in [0.15, 0.2) is 0 Å². The molecule has 0 fully saturated rings. The Bertz CT molecular complexity index is 592. The molecule has 0 amide bonds. The van der Waals surface area contributed by atoms with E-state index in [1.807, 2.05) is 31.2 Å². The predicted molar refractivity (Wildman–Crippen MR) is 78.0 cm³/mol. The number of hydrogen-bond acceptors (Lipinski definition) is 3. The van der Waals surface area contributed by atoms with Crippen molar-refractivity contribution in [1.29, 1.82) is 0 Å². The quantitative estimate of drug-likeness (QED) is 0.881. The molecule has 0 atom stereocenters. The third-order valence-corrected chi connectivity index (χ3v) is 3.18. The summed E-state index contributed by atoms with van der Waals surface area (Å²) in [6, 6.07) is 7.52. The fourth-order valence-electron chi connectivity index (χ4n) is 1.65. The highest BCUT2D eigenvalue weighted by Gasteiger charge is 2.17. The van der Waals surface area contributed by atoms with Crippen LogP contribution in [-0.4, -0.2) is 14.8 Å². The molecule has 94 valence electrons. The van der Waals surface area contributed by atoms with E-state index >= 15 is 0 Å². The molecular formula is C12H12BrN3OS. The van der Waals surface area contributed by atoms with Gasteiger partial charge in [-0.3, -0.25) is 0 Å². The molecule has 2 rings (SSSR count). The smallest absolute Gasteiger partial charge is 0.228 e. The Labute approximate surface area is 119 Å². The number of benzene rings is 1. The monoisotopic (exact) mass is 325 g/mol. The molecule has 0 aliphatic carbocycles. The van der Waals surface area contributed by atoms with E-state index in [0.29, 0.717) is 17.2 Å². The first-order valence-corrected chi connectivity index (χ1v) is 6.46. The summed E-state index contributed by atoms with van der Waals surface area (Å²) in [4.78, 5) is 0.285. The maximum absolute atomic E-state index is 5.79. The van der Waals surface area contributed by atoms with Crippen LogP contribution in [-0.2, 0) is 7.05 Å². The molecule has 2 aromatic rings. The number of thiocarbonyl (C=S) groups is 1. The van der Waals surface area contributed by atoms with Gasteiger partial charge >= 0.3 is 0 Å². The molecule has 0 unspecified atom stereocenters. The van der Waals surface area contributed by atoms with Crippen LogP contribution in [0.25, 0.3) is 0 Å². The Morgan fingerprint density at radius 1 is 1.39 bits per heavy atom. The minimum absolute atomic E-state index is 0.285. The second-order valence-corrected chi connectivity index (χ2v) is 5.16. The lowest BCUT2D eigenvalue weighted by Gasteiger charge is -2.08. The van der Waals surface area contributed by atoms with E-state index in [9.17, 15) is 0 Å². The normalized spacial score (nSPS) is 10.4. The Hall–Kier alpha value is -1.40. The molecule has 0 spiro atoms. The van der Waals surface area contributed by atoms with Gasteiger partial charge in [0, 0.05) is 11.5 Å². The lowest BCUT2D eigenvalue weighted by molar-refractivity contribution is 0.430. The summed E-state index contributed by atoms with van der Waals surface area (Å²) in [5.74, 6) is 1.26. The minimum Gasteiger partial charge on any atom is -0.439 e. The van der Waals surface area contributed by atoms with E-state index in [0.717, 1.165) is 10.2 Å². The zero-order valence-corrected chi connectivity index (χ0v) is 12.4. The second kappa shape index (κ2) is 5.07. The zero-order chi connectivity index (χ0) is 13.3. The van der Waals surface area contributed by atoms with Crippen molar-refractivity contribution in [2.45, 2.75) is 6.92 Å². The number of nitrogens with zero attached hydrogens (tertiary/aromatic N) is 2. The first-order valence-electron chi connectivity index (χ1n) is 5.26. The molecule has 1 aromatic carbocycles. The van der Waals surface area contributed by atoms with Gasteiger partial charge in [0.2, 0.25) is 5.88 Å². The number of nitrogens with two attached hydrogens (primary N) is 1. The molecule has 0 saturated carbocycles. The largest absolute Gasteiger partial charge is 0.439 e. The lowest BCUT2D eigenvalue weighted by atomic mass is 10.2. The maximum Gasteiger partial charge on any atom is 0.228 e. The van der Waals surface area contributed by atoms with Crippen molar-refractivity contribution in [3.63, 3.8) is 0 Å². The first kappa shape index (κ1) is 13.0. The third-order valence-electron chi connectivity index (χ3n) is 2.44. The van der Waals surface area contributed by atoms with Crippen molar-refractivity contribution in [2.24, 2.45) is 12.8 Å². The van der Waals surface area contributed by atoms with Gasteiger partial charge in [-0.2, -0.15) is 5.10 Å². The first-order chi connectivity index (χ1) is 8.49. The fourth-order valence-corrected chi connectivity index (χ4v) is 2.15. The topological polar surface area (TPSA) is 53.1 Å². The van der Waals surface area contributed by atoms with Crippen LogP contribution < -0.4 is 10.5 Å². The van der Waals surface area contributed by atoms with E-state index in [2.05, 4.69) is 21.0 Å². The summed E-state index contributed by atoms with van der Waals surface area (Å²) in [5, 5.41) is 4.26. The molecule has 2 N–H and O–H groups in total. The summed E-state index contributed by atoms with van der Waals surface area (Å²) < 4.78 is 8.41. The number of halogens is 1. The second-order valence-electron chi connectivity index (χ2n) is 3.81. The van der Waals surface area contributed by atoms with Crippen molar-refractivity contribution < 1.29 is 4.74 Å². The maximum atomic E-state index is 5.79. The third kappa shape index (κ3) is 2.54. The summed E-state index contributed by atoms with van der Waals surface area (Å²) in [5.41, 5.74) is 7.13. The van der Waals surface area contributed by atoms with Gasteiger partial charge < -0.3 is 10.5 Å². The van der Waals surface area contributed by atoms with Crippen LogP contribution in [0.1, 0.15) is 11.3 Å². The molecule has 1 heterocycles. The highest BCUT2D eigenvalue weighted by molar-refractivity contribution is 9.10. The molecule has 1 aromatic heterocycles. The molecule has 18 heavy (non-hydrogen) atoms. The standard InChI is InChI=1S/C12H12BrN3OS/c1-7-10(11(14)18)12(16(2)15-7)17-9-5-3-8(13)4-6-9/h3-6H,1-2H3,(H2,14,18). The van der Waals surface area contributed by atoms with Crippen molar-refractivity contribution >= 4 is 33.1 Å². The summed E-state index contributed by atoms with van der Waals surface area (Å²) >= 11 is 8.40. The van der Waals surface area contributed by atoms with Gasteiger partial charge in [-0.15, -0.1) is 0 Å². The number of aromatic nitrogens is 2. The van der Waals surface area contributed by atoms with Crippen molar-refractivity contribution in [2.75, 3.05) is 0 Å². The number of aryl methyl sites for hydroxylation is 2. The summed E-state index contributed by atoms with van der Waals surface area (Å²) in [6.07, 6.45) is 0. The molecule has 0 aliphatic heterocycles. The van der Waals surface area contributed by atoms with Crippen LogP contribution in [0.5, 0.6) is 11.6 Å². The molecule has 0 bridgehead atoms. The lowest BCUT2D eigenvalue weighted by Crippen LogP contribution is -2.11. The predicted octanol–water partition coefficient (Wildman–Crippen LogP) is 2.92. The van der Waals surface area contributed by atoms with E-state index < -0.39 is 0 Å². The van der Waals surface area contributed by atoms with E-state index in [1.54, 1.807) is 11.7 Å². The molecule has 4 nitrogen and oxygen atoms in total. The SMILES string of the molecule is Cc1nn(C)c(Oc2ccc(Br)cc2)c1C(N)=S. The van der Waals surface area contributed by atoms with Gasteiger partial charge in [-0.25, -0.2) is 4.68 Å². The highest BCUT2D eigenvalue weighted by atomic mass is 79.9. The summed E-state index contributed by atoms with van der Waals surface area (Å²) in [6.45, 7) is 1.85. The molecule has 0 radical (unpaired) electrons. The van der Waals surface area contributed by atoms with Crippen molar-refractivity contribution in [1.82, 2.24) is 9.78 Å². The minimum atomic E-state index is 0.285. The Balaban J connectivity index is 2.39. The summed E-state index contributed by atoms with van der Waals surface area (Å²) in [7, 11) is 1.79. The van der Waals surface area contributed by atoms with Crippen LogP contribution >= 0.6 is 28.1 Å². The van der Waals surface area contributed by atoms with Gasteiger partial charge in [-0.05, 0) is 31.2 Å². The van der Waals surface area contributed by atoms with Gasteiger partial charge in [0.25, 0.3) is 0 Å². The van der Waals surface area contributed by atoms with Gasteiger partial charge in [0.05, 0.1) is 11.3 Å². The van der Waals surface area contributed by atoms with Gasteiger partial charge in [-0.1, -0.05) is 28.1 Å². The van der Waals surface area contributed by atoms with Crippen LogP contribution in [0.15, 0.2) is 28.7 Å². The van der Waals surface area contributed by atoms with E-state index in [1.165, 1.54) is 0 Å². The average Bonchev–Trinajstić information content (AvgIpc) is 2.57. The number of hydrogen-bond donors (Lipinski definition) is 1.